The summed E-state index contributed by atoms with van der Waals surface area (Å²) in [6, 6.07) is 24.1. The number of pyridine rings is 1. The van der Waals surface area contributed by atoms with Gasteiger partial charge < -0.3 is 15.4 Å². The van der Waals surface area contributed by atoms with Gasteiger partial charge in [0.05, 0.1) is 5.03 Å². The Labute approximate surface area is 187 Å². The molecule has 2 amide bonds. The molecular weight excluding hydrogens is 406 g/mol. The maximum atomic E-state index is 12.7. The van der Waals surface area contributed by atoms with Crippen molar-refractivity contribution in [3.05, 3.63) is 90.1 Å². The molecule has 1 aliphatic rings. The third-order valence-corrected chi connectivity index (χ3v) is 6.65. The van der Waals surface area contributed by atoms with Crippen LogP contribution in [-0.4, -0.2) is 30.8 Å². The van der Waals surface area contributed by atoms with E-state index in [4.69, 9.17) is 4.74 Å². The predicted octanol–water partition coefficient (Wildman–Crippen LogP) is 5.24. The molecule has 0 atom stereocenters. The number of hydrogen-bond acceptors (Lipinski definition) is 4. The largest absolute Gasteiger partial charge is 0.381 e. The van der Waals surface area contributed by atoms with Crippen molar-refractivity contribution in [2.75, 3.05) is 25.1 Å². The van der Waals surface area contributed by atoms with Crippen molar-refractivity contribution in [2.24, 2.45) is 0 Å². The van der Waals surface area contributed by atoms with Gasteiger partial charge in [0.1, 0.15) is 0 Å². The van der Waals surface area contributed by atoms with Crippen LogP contribution in [0.2, 0.25) is 0 Å². The number of urea groups is 1. The third kappa shape index (κ3) is 5.87. The Bertz CT molecular complexity index is 976. The monoisotopic (exact) mass is 433 g/mol. The Morgan fingerprint density at radius 3 is 2.58 bits per heavy atom. The number of nitrogens with one attached hydrogen (secondary N) is 2. The second kappa shape index (κ2) is 10.5. The highest BCUT2D eigenvalue weighted by Crippen LogP contribution is 2.34. The second-order valence-electron chi connectivity index (χ2n) is 7.72. The molecule has 0 saturated carbocycles. The summed E-state index contributed by atoms with van der Waals surface area (Å²) in [4.78, 5) is 17.0. The summed E-state index contributed by atoms with van der Waals surface area (Å²) in [5, 5.41) is 7.07. The number of carbonyl (C=O) groups excluding carboxylic acids is 1. The molecule has 5 nitrogen and oxygen atoms in total. The Morgan fingerprint density at radius 2 is 1.81 bits per heavy atom. The van der Waals surface area contributed by atoms with Crippen LogP contribution in [0.3, 0.4) is 0 Å². The molecule has 31 heavy (non-hydrogen) atoms. The molecule has 0 spiro atoms. The maximum absolute atomic E-state index is 12.7. The normalized spacial score (nSPS) is 15.2. The minimum atomic E-state index is -0.184. The van der Waals surface area contributed by atoms with Gasteiger partial charge in [0, 0.05) is 42.8 Å². The Balaban J connectivity index is 1.35. The van der Waals surface area contributed by atoms with Gasteiger partial charge >= 0.3 is 6.03 Å². The summed E-state index contributed by atoms with van der Waals surface area (Å²) in [6.45, 7) is 2.02. The van der Waals surface area contributed by atoms with Crippen molar-refractivity contribution < 1.29 is 9.53 Å². The Morgan fingerprint density at radius 1 is 1.00 bits per heavy atom. The first-order valence-electron chi connectivity index (χ1n) is 10.5. The number of anilines is 1. The fourth-order valence-electron chi connectivity index (χ4n) is 3.87. The molecule has 1 aromatic heterocycles. The van der Waals surface area contributed by atoms with E-state index in [0.29, 0.717) is 19.8 Å². The zero-order valence-electron chi connectivity index (χ0n) is 17.4. The average molecular weight is 434 g/mol. The van der Waals surface area contributed by atoms with E-state index in [9.17, 15) is 4.79 Å². The molecular formula is C25H27N3O2S. The molecule has 2 heterocycles. The first-order chi connectivity index (χ1) is 15.2. The highest BCUT2D eigenvalue weighted by atomic mass is 32.2. The van der Waals surface area contributed by atoms with Gasteiger partial charge in [-0.3, -0.25) is 0 Å². The van der Waals surface area contributed by atoms with E-state index >= 15 is 0 Å². The van der Waals surface area contributed by atoms with Gasteiger partial charge in [-0.15, -0.1) is 11.8 Å². The van der Waals surface area contributed by atoms with Crippen LogP contribution in [0.25, 0.3) is 0 Å². The number of hydrogen-bond donors (Lipinski definition) is 2. The van der Waals surface area contributed by atoms with Gasteiger partial charge in [-0.25, -0.2) is 9.78 Å². The standard InChI is InChI=1S/C25H27N3O2S/c29-24(27-19-25(12-15-30-16-13-25)21-8-2-1-3-9-21)28-22-10-6-7-20(17-22)18-31-23-11-4-5-14-26-23/h1-11,14,17H,12-13,15-16,18-19H2,(H2,27,28,29). The Kier molecular flexibility index (Phi) is 7.22. The zero-order chi connectivity index (χ0) is 21.4. The minimum Gasteiger partial charge on any atom is -0.381 e. The first kappa shape index (κ1) is 21.4. The van der Waals surface area contributed by atoms with E-state index in [-0.39, 0.29) is 11.4 Å². The third-order valence-electron chi connectivity index (χ3n) is 5.63. The predicted molar refractivity (Wildman–Crippen MR) is 125 cm³/mol. The van der Waals surface area contributed by atoms with Crippen LogP contribution in [0.4, 0.5) is 10.5 Å². The highest BCUT2D eigenvalue weighted by molar-refractivity contribution is 7.98. The first-order valence-corrected chi connectivity index (χ1v) is 11.5. The van der Waals surface area contributed by atoms with Crippen LogP contribution in [0.1, 0.15) is 24.0 Å². The number of thioether (sulfide) groups is 1. The van der Waals surface area contributed by atoms with Gasteiger partial charge in [-0.05, 0) is 48.2 Å². The van der Waals surface area contributed by atoms with Crippen molar-refractivity contribution in [2.45, 2.75) is 29.0 Å². The molecule has 3 aromatic rings. The van der Waals surface area contributed by atoms with Crippen molar-refractivity contribution in [3.63, 3.8) is 0 Å². The van der Waals surface area contributed by atoms with E-state index < -0.39 is 0 Å². The van der Waals surface area contributed by atoms with Gasteiger partial charge in [0.25, 0.3) is 0 Å². The molecule has 2 aromatic carbocycles. The van der Waals surface area contributed by atoms with Gasteiger partial charge in [0.15, 0.2) is 0 Å². The number of aromatic nitrogens is 1. The van der Waals surface area contributed by atoms with Crippen LogP contribution in [0.5, 0.6) is 0 Å². The quantitative estimate of drug-likeness (QED) is 0.500. The lowest BCUT2D eigenvalue weighted by Gasteiger charge is -2.38. The lowest BCUT2D eigenvalue weighted by atomic mass is 9.74. The van der Waals surface area contributed by atoms with Gasteiger partial charge in [-0.1, -0.05) is 48.5 Å². The average Bonchev–Trinajstić information content (AvgIpc) is 2.84. The van der Waals surface area contributed by atoms with Crippen LogP contribution >= 0.6 is 11.8 Å². The molecule has 160 valence electrons. The molecule has 1 fully saturated rings. The summed E-state index contributed by atoms with van der Waals surface area (Å²) < 4.78 is 5.58. The van der Waals surface area contributed by atoms with E-state index in [1.165, 1.54) is 5.56 Å². The zero-order valence-corrected chi connectivity index (χ0v) is 18.2. The minimum absolute atomic E-state index is 0.0853. The molecule has 6 heteroatoms. The SMILES string of the molecule is O=C(NCC1(c2ccccc2)CCOCC1)Nc1cccc(CSc2ccccn2)c1. The molecule has 4 rings (SSSR count). The van der Waals surface area contributed by atoms with Crippen molar-refractivity contribution in [1.29, 1.82) is 0 Å². The second-order valence-corrected chi connectivity index (χ2v) is 8.72. The van der Waals surface area contributed by atoms with E-state index in [2.05, 4.69) is 45.9 Å². The molecule has 0 aliphatic carbocycles. The fourth-order valence-corrected chi connectivity index (χ4v) is 4.68. The lowest BCUT2D eigenvalue weighted by Crippen LogP contribution is -2.45. The summed E-state index contributed by atoms with van der Waals surface area (Å²) in [7, 11) is 0. The fraction of sp³-hybridized carbons (Fsp3) is 0.280. The van der Waals surface area contributed by atoms with E-state index in [1.54, 1.807) is 18.0 Å². The molecule has 1 saturated heterocycles. The van der Waals surface area contributed by atoms with Crippen LogP contribution in [-0.2, 0) is 15.9 Å². The van der Waals surface area contributed by atoms with Gasteiger partial charge in [0.2, 0.25) is 0 Å². The maximum Gasteiger partial charge on any atom is 0.319 e. The van der Waals surface area contributed by atoms with Crippen molar-refractivity contribution in [3.8, 4) is 0 Å². The number of nitrogens with zero attached hydrogens (tertiary/aromatic N) is 1. The molecule has 0 radical (unpaired) electrons. The highest BCUT2D eigenvalue weighted by Gasteiger charge is 2.34. The molecule has 1 aliphatic heterocycles. The van der Waals surface area contributed by atoms with Gasteiger partial charge in [-0.2, -0.15) is 0 Å². The van der Waals surface area contributed by atoms with Crippen LogP contribution in [0.15, 0.2) is 84.0 Å². The Hall–Kier alpha value is -2.83. The summed E-state index contributed by atoms with van der Waals surface area (Å²) in [5.41, 5.74) is 3.10. The van der Waals surface area contributed by atoms with Crippen molar-refractivity contribution in [1.82, 2.24) is 10.3 Å². The number of carbonyl (C=O) groups is 1. The summed E-state index contributed by atoms with van der Waals surface area (Å²) >= 11 is 1.68. The molecule has 0 bridgehead atoms. The topological polar surface area (TPSA) is 63.2 Å². The van der Waals surface area contributed by atoms with E-state index in [1.807, 2.05) is 42.5 Å². The summed E-state index contributed by atoms with van der Waals surface area (Å²) in [5.74, 6) is 0.797. The number of amides is 2. The van der Waals surface area contributed by atoms with E-state index in [0.717, 1.165) is 34.9 Å². The van der Waals surface area contributed by atoms with Crippen LogP contribution < -0.4 is 10.6 Å². The molecule has 0 unspecified atom stereocenters. The number of rotatable bonds is 7. The number of ether oxygens (including phenoxy) is 1. The lowest BCUT2D eigenvalue weighted by molar-refractivity contribution is 0.0508. The molecule has 2 N–H and O–H groups in total. The smallest absolute Gasteiger partial charge is 0.319 e. The number of benzene rings is 2. The summed E-state index contributed by atoms with van der Waals surface area (Å²) in [6.07, 6.45) is 3.60. The van der Waals surface area contributed by atoms with Crippen molar-refractivity contribution >= 4 is 23.5 Å². The van der Waals surface area contributed by atoms with Crippen LogP contribution in [0, 0.1) is 0 Å².